The molecule has 5 heteroatoms. The molecule has 0 aliphatic heterocycles. The van der Waals surface area contributed by atoms with Gasteiger partial charge in [-0.25, -0.2) is 0 Å². The highest BCUT2D eigenvalue weighted by Crippen LogP contribution is 2.10. The number of carbonyl (C=O) groups is 1. The summed E-state index contributed by atoms with van der Waals surface area (Å²) < 4.78 is 0. The molecule has 0 aromatic heterocycles. The van der Waals surface area contributed by atoms with E-state index in [1.807, 2.05) is 19.0 Å². The Labute approximate surface area is 108 Å². The third-order valence-corrected chi connectivity index (χ3v) is 2.49. The van der Waals surface area contributed by atoms with Crippen LogP contribution in [0.2, 0.25) is 0 Å². The predicted octanol–water partition coefficient (Wildman–Crippen LogP) is 0.311. The highest BCUT2D eigenvalue weighted by molar-refractivity contribution is 5.99. The van der Waals surface area contributed by atoms with Crippen LogP contribution in [0.1, 0.15) is 17.3 Å². The number of benzene rings is 1. The van der Waals surface area contributed by atoms with Gasteiger partial charge in [-0.15, -0.1) is 0 Å². The van der Waals surface area contributed by atoms with Crippen molar-refractivity contribution < 1.29 is 9.90 Å². The Hall–Kier alpha value is -1.59. The number of rotatable bonds is 5. The lowest BCUT2D eigenvalue weighted by Gasteiger charge is -2.27. The third kappa shape index (κ3) is 4.35. The number of anilines is 1. The van der Waals surface area contributed by atoms with Crippen LogP contribution in [0.15, 0.2) is 24.3 Å². The minimum atomic E-state index is -0.970. The normalized spacial score (nSPS) is 14.3. The molecule has 0 aliphatic rings. The first kappa shape index (κ1) is 14.5. The van der Waals surface area contributed by atoms with E-state index in [-0.39, 0.29) is 12.5 Å². The molecule has 5 nitrogen and oxygen atoms in total. The van der Waals surface area contributed by atoms with Gasteiger partial charge in [-0.2, -0.15) is 0 Å². The Morgan fingerprint density at radius 1 is 1.44 bits per heavy atom. The number of aliphatic hydroxyl groups is 1. The lowest BCUT2D eigenvalue weighted by Crippen LogP contribution is -2.47. The summed E-state index contributed by atoms with van der Waals surface area (Å²) in [6.45, 7) is 2.33. The van der Waals surface area contributed by atoms with Gasteiger partial charge in [-0.3, -0.25) is 4.79 Å². The summed E-state index contributed by atoms with van der Waals surface area (Å²) in [5.41, 5.74) is 5.60. The third-order valence-electron chi connectivity index (χ3n) is 2.49. The number of para-hydroxylation sites is 1. The molecule has 1 rings (SSSR count). The fraction of sp³-hybridized carbons (Fsp3) is 0.462. The Bertz CT molecular complexity index is 416. The van der Waals surface area contributed by atoms with Crippen molar-refractivity contribution in [3.05, 3.63) is 29.8 Å². The number of amides is 1. The van der Waals surface area contributed by atoms with Crippen molar-refractivity contribution in [3.63, 3.8) is 0 Å². The average molecular weight is 251 g/mol. The first-order chi connectivity index (χ1) is 8.32. The second kappa shape index (κ2) is 5.84. The van der Waals surface area contributed by atoms with Crippen molar-refractivity contribution in [1.82, 2.24) is 10.2 Å². The number of hydrogen-bond acceptors (Lipinski definition) is 4. The first-order valence-electron chi connectivity index (χ1n) is 5.82. The van der Waals surface area contributed by atoms with Crippen LogP contribution in [0.25, 0.3) is 0 Å². The van der Waals surface area contributed by atoms with E-state index in [4.69, 9.17) is 5.73 Å². The molecule has 1 aromatic rings. The topological polar surface area (TPSA) is 78.6 Å². The number of carbonyl (C=O) groups excluding carboxylic acids is 1. The molecule has 0 aliphatic carbocycles. The van der Waals surface area contributed by atoms with Crippen LogP contribution in [-0.4, -0.2) is 48.7 Å². The van der Waals surface area contributed by atoms with E-state index in [9.17, 15) is 9.90 Å². The maximum atomic E-state index is 11.9. The highest BCUT2D eigenvalue weighted by atomic mass is 16.3. The van der Waals surface area contributed by atoms with Crippen molar-refractivity contribution in [2.75, 3.05) is 32.9 Å². The molecule has 0 heterocycles. The van der Waals surface area contributed by atoms with E-state index in [1.165, 1.54) is 0 Å². The summed E-state index contributed by atoms with van der Waals surface area (Å²) in [6.07, 6.45) is 0. The number of hydrogen-bond donors (Lipinski definition) is 3. The second-order valence-corrected chi connectivity index (χ2v) is 5.00. The lowest BCUT2D eigenvalue weighted by atomic mass is 10.1. The molecular formula is C13H21N3O2. The number of nitrogens with one attached hydrogen (secondary N) is 1. The van der Waals surface area contributed by atoms with Crippen molar-refractivity contribution in [2.24, 2.45) is 0 Å². The summed E-state index contributed by atoms with van der Waals surface area (Å²) in [7, 11) is 3.73. The summed E-state index contributed by atoms with van der Waals surface area (Å²) in [6, 6.07) is 6.86. The first-order valence-corrected chi connectivity index (χ1v) is 5.82. The van der Waals surface area contributed by atoms with E-state index in [0.29, 0.717) is 17.8 Å². The van der Waals surface area contributed by atoms with Crippen LogP contribution in [0.4, 0.5) is 5.69 Å². The van der Waals surface area contributed by atoms with Gasteiger partial charge in [-0.05, 0) is 33.2 Å². The second-order valence-electron chi connectivity index (χ2n) is 5.00. The summed E-state index contributed by atoms with van der Waals surface area (Å²) >= 11 is 0. The molecule has 0 saturated heterocycles. The van der Waals surface area contributed by atoms with E-state index < -0.39 is 5.60 Å². The molecule has 0 radical (unpaired) electrons. The minimum Gasteiger partial charge on any atom is -0.398 e. The van der Waals surface area contributed by atoms with Gasteiger partial charge in [0.15, 0.2) is 0 Å². The van der Waals surface area contributed by atoms with Gasteiger partial charge in [-0.1, -0.05) is 12.1 Å². The van der Waals surface area contributed by atoms with Crippen LogP contribution in [0.5, 0.6) is 0 Å². The molecule has 0 saturated carbocycles. The molecule has 4 N–H and O–H groups in total. The van der Waals surface area contributed by atoms with E-state index in [1.54, 1.807) is 31.2 Å². The molecule has 100 valence electrons. The van der Waals surface area contributed by atoms with E-state index in [2.05, 4.69) is 5.32 Å². The number of nitrogens with zero attached hydrogens (tertiary/aromatic N) is 1. The van der Waals surface area contributed by atoms with Crippen LogP contribution >= 0.6 is 0 Å². The minimum absolute atomic E-state index is 0.179. The maximum Gasteiger partial charge on any atom is 0.253 e. The Morgan fingerprint density at radius 2 is 2.06 bits per heavy atom. The van der Waals surface area contributed by atoms with Gasteiger partial charge < -0.3 is 21.1 Å². The Morgan fingerprint density at radius 3 is 2.61 bits per heavy atom. The SMILES string of the molecule is CN(C)CC(C)(O)CNC(=O)c1ccccc1N. The Kier molecular flexibility index (Phi) is 4.69. The lowest BCUT2D eigenvalue weighted by molar-refractivity contribution is 0.0326. The molecule has 1 amide bonds. The zero-order chi connectivity index (χ0) is 13.8. The van der Waals surface area contributed by atoms with Crippen LogP contribution in [0, 0.1) is 0 Å². The molecule has 18 heavy (non-hydrogen) atoms. The Balaban J connectivity index is 2.59. The van der Waals surface area contributed by atoms with Crippen molar-refractivity contribution in [3.8, 4) is 0 Å². The molecule has 1 unspecified atom stereocenters. The zero-order valence-electron chi connectivity index (χ0n) is 11.1. The fourth-order valence-corrected chi connectivity index (χ4v) is 1.81. The summed E-state index contributed by atoms with van der Waals surface area (Å²) in [4.78, 5) is 13.7. The van der Waals surface area contributed by atoms with Gasteiger partial charge in [0.1, 0.15) is 0 Å². The molecule has 0 bridgehead atoms. The summed E-state index contributed by atoms with van der Waals surface area (Å²) in [5.74, 6) is -0.271. The van der Waals surface area contributed by atoms with Crippen molar-refractivity contribution in [2.45, 2.75) is 12.5 Å². The standard InChI is InChI=1S/C13H21N3O2/c1-13(18,9-16(2)3)8-15-12(17)10-6-4-5-7-11(10)14/h4-7,18H,8-9,14H2,1-3H3,(H,15,17). The van der Waals surface area contributed by atoms with E-state index in [0.717, 1.165) is 0 Å². The van der Waals surface area contributed by atoms with Gasteiger partial charge >= 0.3 is 0 Å². The van der Waals surface area contributed by atoms with Gasteiger partial charge in [0.05, 0.1) is 11.2 Å². The number of likely N-dealkylation sites (N-methyl/N-ethyl adjacent to an activating group) is 1. The predicted molar refractivity (Wildman–Crippen MR) is 72.4 cm³/mol. The number of nitrogen functional groups attached to an aromatic ring is 1. The monoisotopic (exact) mass is 251 g/mol. The van der Waals surface area contributed by atoms with Crippen molar-refractivity contribution in [1.29, 1.82) is 0 Å². The molecular weight excluding hydrogens is 230 g/mol. The van der Waals surface area contributed by atoms with Crippen LogP contribution < -0.4 is 11.1 Å². The van der Waals surface area contributed by atoms with Crippen molar-refractivity contribution >= 4 is 11.6 Å². The smallest absolute Gasteiger partial charge is 0.253 e. The van der Waals surface area contributed by atoms with Crippen LogP contribution in [-0.2, 0) is 0 Å². The maximum absolute atomic E-state index is 11.9. The average Bonchev–Trinajstić information content (AvgIpc) is 2.25. The highest BCUT2D eigenvalue weighted by Gasteiger charge is 2.22. The largest absolute Gasteiger partial charge is 0.398 e. The quantitative estimate of drug-likeness (QED) is 0.658. The molecule has 0 fully saturated rings. The fourth-order valence-electron chi connectivity index (χ4n) is 1.81. The number of nitrogens with two attached hydrogens (primary N) is 1. The summed E-state index contributed by atoms with van der Waals surface area (Å²) in [5, 5.41) is 12.8. The zero-order valence-corrected chi connectivity index (χ0v) is 11.1. The van der Waals surface area contributed by atoms with Gasteiger partial charge in [0, 0.05) is 18.8 Å². The van der Waals surface area contributed by atoms with E-state index >= 15 is 0 Å². The molecule has 0 spiro atoms. The van der Waals surface area contributed by atoms with Gasteiger partial charge in [0.2, 0.25) is 0 Å². The van der Waals surface area contributed by atoms with Crippen LogP contribution in [0.3, 0.4) is 0 Å². The van der Waals surface area contributed by atoms with Gasteiger partial charge in [0.25, 0.3) is 5.91 Å². The molecule has 1 aromatic carbocycles. The molecule has 1 atom stereocenters.